The highest BCUT2D eigenvalue weighted by atomic mass is 32.2. The van der Waals surface area contributed by atoms with E-state index < -0.39 is 10.0 Å². The minimum atomic E-state index is -3.48. The average Bonchev–Trinajstić information content (AvgIpc) is 2.47. The van der Waals surface area contributed by atoms with E-state index in [2.05, 4.69) is 4.72 Å². The van der Waals surface area contributed by atoms with Crippen molar-refractivity contribution in [3.63, 3.8) is 0 Å². The highest BCUT2D eigenvalue weighted by Gasteiger charge is 2.15. The first kappa shape index (κ1) is 16.7. The van der Waals surface area contributed by atoms with Gasteiger partial charge in [0.1, 0.15) is 0 Å². The summed E-state index contributed by atoms with van der Waals surface area (Å²) in [7, 11) is -3.48. The zero-order valence-electron chi connectivity index (χ0n) is 12.8. The predicted octanol–water partition coefficient (Wildman–Crippen LogP) is 2.32. The molecule has 5 heteroatoms. The molecule has 0 heterocycles. The standard InChI is InChI=1S/C17H21NO3S/c1-13-3-8-17(14(2)11-13)22(20,21)18-10-9-15-4-6-16(12-19)7-5-15/h3-8,11,18-19H,9-10,12H2,1-2H3. The fraction of sp³-hybridized carbons (Fsp3) is 0.294. The molecule has 0 saturated heterocycles. The van der Waals surface area contributed by atoms with Crippen LogP contribution in [0.2, 0.25) is 0 Å². The molecule has 0 unspecified atom stereocenters. The van der Waals surface area contributed by atoms with E-state index in [1.807, 2.05) is 37.3 Å². The Morgan fingerprint density at radius 3 is 2.23 bits per heavy atom. The van der Waals surface area contributed by atoms with Gasteiger partial charge < -0.3 is 5.11 Å². The Morgan fingerprint density at radius 2 is 1.64 bits per heavy atom. The van der Waals surface area contributed by atoms with Crippen LogP contribution in [0.25, 0.3) is 0 Å². The van der Waals surface area contributed by atoms with Gasteiger partial charge >= 0.3 is 0 Å². The molecule has 2 aromatic carbocycles. The molecule has 0 bridgehead atoms. The van der Waals surface area contributed by atoms with Crippen LogP contribution in [0.15, 0.2) is 47.4 Å². The number of aryl methyl sites for hydroxylation is 2. The molecule has 2 N–H and O–H groups in total. The van der Waals surface area contributed by atoms with Gasteiger partial charge in [0, 0.05) is 6.54 Å². The molecule has 0 atom stereocenters. The van der Waals surface area contributed by atoms with Crippen molar-refractivity contribution in [2.24, 2.45) is 0 Å². The molecule has 0 spiro atoms. The van der Waals surface area contributed by atoms with Gasteiger partial charge in [-0.15, -0.1) is 0 Å². The first-order valence-corrected chi connectivity index (χ1v) is 8.66. The molecule has 0 radical (unpaired) electrons. The van der Waals surface area contributed by atoms with E-state index in [9.17, 15) is 8.42 Å². The number of aliphatic hydroxyl groups is 1. The smallest absolute Gasteiger partial charge is 0.240 e. The molecule has 2 aromatic rings. The van der Waals surface area contributed by atoms with Crippen LogP contribution in [0.4, 0.5) is 0 Å². The highest BCUT2D eigenvalue weighted by Crippen LogP contribution is 2.16. The number of rotatable bonds is 6. The molecule has 2 rings (SSSR count). The maximum atomic E-state index is 12.3. The molecule has 0 aliphatic heterocycles. The second-order valence-electron chi connectivity index (χ2n) is 5.39. The molecule has 118 valence electrons. The summed E-state index contributed by atoms with van der Waals surface area (Å²) in [6.07, 6.45) is 0.607. The molecule has 0 amide bonds. The van der Waals surface area contributed by atoms with Gasteiger partial charge in [-0.25, -0.2) is 13.1 Å². The van der Waals surface area contributed by atoms with Gasteiger partial charge in [-0.2, -0.15) is 0 Å². The summed E-state index contributed by atoms with van der Waals surface area (Å²) in [5.74, 6) is 0. The summed E-state index contributed by atoms with van der Waals surface area (Å²) in [5, 5.41) is 8.99. The van der Waals surface area contributed by atoms with E-state index in [4.69, 9.17) is 5.11 Å². The summed E-state index contributed by atoms with van der Waals surface area (Å²) in [6.45, 7) is 4.09. The highest BCUT2D eigenvalue weighted by molar-refractivity contribution is 7.89. The van der Waals surface area contributed by atoms with Crippen molar-refractivity contribution < 1.29 is 13.5 Å². The molecule has 4 nitrogen and oxygen atoms in total. The summed E-state index contributed by atoms with van der Waals surface area (Å²) >= 11 is 0. The fourth-order valence-electron chi connectivity index (χ4n) is 2.32. The summed E-state index contributed by atoms with van der Waals surface area (Å²) in [6, 6.07) is 12.8. The average molecular weight is 319 g/mol. The monoisotopic (exact) mass is 319 g/mol. The summed E-state index contributed by atoms with van der Waals surface area (Å²) in [4.78, 5) is 0.328. The van der Waals surface area contributed by atoms with Crippen molar-refractivity contribution in [3.05, 3.63) is 64.7 Å². The van der Waals surface area contributed by atoms with Gasteiger partial charge in [0.2, 0.25) is 10.0 Å². The SMILES string of the molecule is Cc1ccc(S(=O)(=O)NCCc2ccc(CO)cc2)c(C)c1. The van der Waals surface area contributed by atoms with Gasteiger partial charge in [-0.1, -0.05) is 42.0 Å². The van der Waals surface area contributed by atoms with Crippen LogP contribution in [0.1, 0.15) is 22.3 Å². The Labute approximate surface area is 131 Å². The fourth-order valence-corrected chi connectivity index (χ4v) is 3.58. The normalized spacial score (nSPS) is 11.6. The minimum absolute atomic E-state index is 0.0135. The number of sulfonamides is 1. The maximum Gasteiger partial charge on any atom is 0.240 e. The zero-order chi connectivity index (χ0) is 16.2. The second-order valence-corrected chi connectivity index (χ2v) is 7.13. The second kappa shape index (κ2) is 7.05. The largest absolute Gasteiger partial charge is 0.392 e. The Morgan fingerprint density at radius 1 is 1.00 bits per heavy atom. The number of hydrogen-bond acceptors (Lipinski definition) is 3. The van der Waals surface area contributed by atoms with E-state index in [-0.39, 0.29) is 6.61 Å². The number of benzene rings is 2. The third-order valence-corrected chi connectivity index (χ3v) is 5.15. The molecule has 0 fully saturated rings. The van der Waals surface area contributed by atoms with Crippen LogP contribution in [-0.2, 0) is 23.1 Å². The van der Waals surface area contributed by atoms with E-state index in [1.54, 1.807) is 19.1 Å². The summed E-state index contributed by atoms with van der Waals surface area (Å²) in [5.41, 5.74) is 3.67. The van der Waals surface area contributed by atoms with E-state index in [1.165, 1.54) is 0 Å². The lowest BCUT2D eigenvalue weighted by Gasteiger charge is -2.10. The van der Waals surface area contributed by atoms with Crippen LogP contribution in [-0.4, -0.2) is 20.1 Å². The molecular formula is C17H21NO3S. The Hall–Kier alpha value is -1.69. The van der Waals surface area contributed by atoms with Crippen LogP contribution in [0.3, 0.4) is 0 Å². The van der Waals surface area contributed by atoms with Crippen molar-refractivity contribution >= 4 is 10.0 Å². The van der Waals surface area contributed by atoms with Crippen LogP contribution in [0, 0.1) is 13.8 Å². The van der Waals surface area contributed by atoms with Gasteiger partial charge in [0.25, 0.3) is 0 Å². The summed E-state index contributed by atoms with van der Waals surface area (Å²) < 4.78 is 27.3. The van der Waals surface area contributed by atoms with Crippen LogP contribution < -0.4 is 4.72 Å². The quantitative estimate of drug-likeness (QED) is 0.859. The topological polar surface area (TPSA) is 66.4 Å². The van der Waals surface area contributed by atoms with Crippen molar-refractivity contribution in [2.75, 3.05) is 6.54 Å². The molecule has 0 aliphatic rings. The molecule has 0 aromatic heterocycles. The Kier molecular flexibility index (Phi) is 5.34. The van der Waals surface area contributed by atoms with E-state index in [0.29, 0.717) is 17.9 Å². The van der Waals surface area contributed by atoms with Gasteiger partial charge in [-0.05, 0) is 43.0 Å². The van der Waals surface area contributed by atoms with Gasteiger partial charge in [-0.3, -0.25) is 0 Å². The third kappa shape index (κ3) is 4.16. The lowest BCUT2D eigenvalue weighted by Crippen LogP contribution is -2.26. The Balaban J connectivity index is 2.00. The maximum absolute atomic E-state index is 12.3. The van der Waals surface area contributed by atoms with Gasteiger partial charge in [0.15, 0.2) is 0 Å². The molecule has 0 saturated carbocycles. The first-order valence-electron chi connectivity index (χ1n) is 7.18. The van der Waals surface area contributed by atoms with Crippen LogP contribution in [0.5, 0.6) is 0 Å². The van der Waals surface area contributed by atoms with Crippen molar-refractivity contribution in [2.45, 2.75) is 31.8 Å². The minimum Gasteiger partial charge on any atom is -0.392 e. The Bertz CT molecular complexity index is 737. The predicted molar refractivity (Wildman–Crippen MR) is 87.2 cm³/mol. The zero-order valence-corrected chi connectivity index (χ0v) is 13.7. The van der Waals surface area contributed by atoms with Gasteiger partial charge in [0.05, 0.1) is 11.5 Å². The van der Waals surface area contributed by atoms with Crippen molar-refractivity contribution in [1.82, 2.24) is 4.72 Å². The molecule has 0 aliphatic carbocycles. The number of nitrogens with one attached hydrogen (secondary N) is 1. The lowest BCUT2D eigenvalue weighted by molar-refractivity contribution is 0.282. The molecular weight excluding hydrogens is 298 g/mol. The van der Waals surface area contributed by atoms with Crippen molar-refractivity contribution in [1.29, 1.82) is 0 Å². The lowest BCUT2D eigenvalue weighted by atomic mass is 10.1. The van der Waals surface area contributed by atoms with E-state index in [0.717, 1.165) is 22.3 Å². The van der Waals surface area contributed by atoms with E-state index >= 15 is 0 Å². The first-order chi connectivity index (χ1) is 10.4. The number of aliphatic hydroxyl groups excluding tert-OH is 1. The molecule has 22 heavy (non-hydrogen) atoms. The number of hydrogen-bond donors (Lipinski definition) is 2. The van der Waals surface area contributed by atoms with Crippen molar-refractivity contribution in [3.8, 4) is 0 Å². The van der Waals surface area contributed by atoms with Crippen LogP contribution >= 0.6 is 0 Å². The third-order valence-electron chi connectivity index (χ3n) is 3.53.